The predicted molar refractivity (Wildman–Crippen MR) is 105 cm³/mol. The number of nitrogens with zero attached hydrogens (tertiary/aromatic N) is 1. The van der Waals surface area contributed by atoms with E-state index in [-0.39, 0.29) is 5.91 Å². The van der Waals surface area contributed by atoms with Crippen molar-refractivity contribution in [1.29, 1.82) is 0 Å². The molecule has 1 aromatic heterocycles. The molecule has 0 aliphatic rings. The zero-order valence-electron chi connectivity index (χ0n) is 15.5. The van der Waals surface area contributed by atoms with Crippen LogP contribution < -0.4 is 10.6 Å². The van der Waals surface area contributed by atoms with Gasteiger partial charge in [-0.05, 0) is 58.4 Å². The number of rotatable bonds is 5. The zero-order chi connectivity index (χ0) is 19.3. The number of benzene rings is 1. The summed E-state index contributed by atoms with van der Waals surface area (Å²) in [5, 5.41) is 6.36. The van der Waals surface area contributed by atoms with Crippen LogP contribution in [0.15, 0.2) is 28.7 Å². The molecule has 0 unspecified atom stereocenters. The third kappa shape index (κ3) is 5.98. The third-order valence-corrected chi connectivity index (χ3v) is 3.94. The monoisotopic (exact) mass is 421 g/mol. The van der Waals surface area contributed by atoms with Crippen LogP contribution in [-0.4, -0.2) is 35.7 Å². The van der Waals surface area contributed by atoms with Crippen molar-refractivity contribution in [2.75, 3.05) is 13.1 Å². The van der Waals surface area contributed by atoms with Crippen LogP contribution in [0, 0.1) is 6.92 Å². The van der Waals surface area contributed by atoms with Gasteiger partial charge < -0.3 is 15.4 Å². The molecule has 1 heterocycles. The van der Waals surface area contributed by atoms with E-state index in [4.69, 9.17) is 4.74 Å². The molecule has 0 bridgehead atoms. The maximum absolute atomic E-state index is 12.5. The number of nitrogens with one attached hydrogen (secondary N) is 2. The van der Waals surface area contributed by atoms with Crippen molar-refractivity contribution in [3.8, 4) is 0 Å². The SMILES string of the molecule is Cc1cc(C(=O)NCCCNC(=O)OC(C)(C)C)c2cc(Br)ccc2n1. The summed E-state index contributed by atoms with van der Waals surface area (Å²) in [6, 6.07) is 7.45. The Balaban J connectivity index is 1.90. The lowest BCUT2D eigenvalue weighted by Crippen LogP contribution is -2.34. The van der Waals surface area contributed by atoms with Crippen LogP contribution in [0.1, 0.15) is 43.2 Å². The van der Waals surface area contributed by atoms with Gasteiger partial charge in [0.05, 0.1) is 11.1 Å². The molecule has 2 aromatic rings. The van der Waals surface area contributed by atoms with Crippen LogP contribution in [0.4, 0.5) is 4.79 Å². The van der Waals surface area contributed by atoms with Crippen LogP contribution in [0.25, 0.3) is 10.9 Å². The van der Waals surface area contributed by atoms with E-state index in [1.807, 2.05) is 45.9 Å². The Labute approximate surface area is 161 Å². The lowest BCUT2D eigenvalue weighted by atomic mass is 10.1. The summed E-state index contributed by atoms with van der Waals surface area (Å²) in [4.78, 5) is 28.6. The first-order valence-electron chi connectivity index (χ1n) is 8.48. The average Bonchev–Trinajstić information content (AvgIpc) is 2.52. The van der Waals surface area contributed by atoms with E-state index >= 15 is 0 Å². The van der Waals surface area contributed by atoms with Crippen molar-refractivity contribution in [3.63, 3.8) is 0 Å². The Kier molecular flexibility index (Phi) is 6.58. The smallest absolute Gasteiger partial charge is 0.407 e. The fourth-order valence-corrected chi connectivity index (χ4v) is 2.77. The van der Waals surface area contributed by atoms with Gasteiger partial charge in [0.2, 0.25) is 0 Å². The predicted octanol–water partition coefficient (Wildman–Crippen LogP) is 3.95. The van der Waals surface area contributed by atoms with Crippen LogP contribution in [0.5, 0.6) is 0 Å². The van der Waals surface area contributed by atoms with Crippen LogP contribution in [-0.2, 0) is 4.74 Å². The molecule has 0 aliphatic carbocycles. The molecule has 0 saturated heterocycles. The Morgan fingerprint density at radius 2 is 1.85 bits per heavy atom. The average molecular weight is 422 g/mol. The number of pyridine rings is 1. The molecule has 140 valence electrons. The van der Waals surface area contributed by atoms with Crippen LogP contribution in [0.2, 0.25) is 0 Å². The normalized spacial score (nSPS) is 11.3. The van der Waals surface area contributed by atoms with E-state index in [9.17, 15) is 9.59 Å². The van der Waals surface area contributed by atoms with E-state index in [0.29, 0.717) is 25.1 Å². The number of hydrogen-bond donors (Lipinski definition) is 2. The molecule has 6 nitrogen and oxygen atoms in total. The highest BCUT2D eigenvalue weighted by molar-refractivity contribution is 9.10. The summed E-state index contributed by atoms with van der Waals surface area (Å²) in [7, 11) is 0. The molecule has 0 saturated carbocycles. The van der Waals surface area contributed by atoms with E-state index in [1.165, 1.54) is 0 Å². The molecule has 0 spiro atoms. The summed E-state index contributed by atoms with van der Waals surface area (Å²) in [6.45, 7) is 8.18. The number of fused-ring (bicyclic) bond motifs is 1. The van der Waals surface area contributed by atoms with Crippen molar-refractivity contribution in [2.24, 2.45) is 0 Å². The lowest BCUT2D eigenvalue weighted by molar-refractivity contribution is 0.0527. The maximum atomic E-state index is 12.5. The van der Waals surface area contributed by atoms with Crippen LogP contribution in [0.3, 0.4) is 0 Å². The third-order valence-electron chi connectivity index (χ3n) is 3.45. The fraction of sp³-hybridized carbons (Fsp3) is 0.421. The van der Waals surface area contributed by atoms with Gasteiger partial charge in [0.25, 0.3) is 5.91 Å². The zero-order valence-corrected chi connectivity index (χ0v) is 17.1. The number of ether oxygens (including phenoxy) is 1. The minimum Gasteiger partial charge on any atom is -0.444 e. The topological polar surface area (TPSA) is 80.3 Å². The number of alkyl carbamates (subject to hydrolysis) is 1. The first kappa shape index (κ1) is 20.2. The minimum atomic E-state index is -0.521. The van der Waals surface area contributed by atoms with E-state index in [0.717, 1.165) is 21.1 Å². The van der Waals surface area contributed by atoms with E-state index < -0.39 is 11.7 Å². The number of carbonyl (C=O) groups excluding carboxylic acids is 2. The largest absolute Gasteiger partial charge is 0.444 e. The second kappa shape index (κ2) is 8.49. The molecule has 2 amide bonds. The van der Waals surface area contributed by atoms with Gasteiger partial charge >= 0.3 is 6.09 Å². The van der Waals surface area contributed by atoms with Gasteiger partial charge in [-0.2, -0.15) is 0 Å². The van der Waals surface area contributed by atoms with Crippen LogP contribution >= 0.6 is 15.9 Å². The van der Waals surface area contributed by atoms with Gasteiger partial charge in [0.15, 0.2) is 0 Å². The Morgan fingerprint density at radius 1 is 1.15 bits per heavy atom. The standard InChI is InChI=1S/C19H24BrN3O3/c1-12-10-15(14-11-13(20)6-7-16(14)23-12)17(24)21-8-5-9-22-18(25)26-19(2,3)4/h6-7,10-11H,5,8-9H2,1-4H3,(H,21,24)(H,22,25). The second-order valence-corrected chi connectivity index (χ2v) is 7.93. The number of hydrogen-bond acceptors (Lipinski definition) is 4. The van der Waals surface area contributed by atoms with Crippen molar-refractivity contribution < 1.29 is 14.3 Å². The first-order valence-corrected chi connectivity index (χ1v) is 9.27. The summed E-state index contributed by atoms with van der Waals surface area (Å²) in [5.41, 5.74) is 1.64. The molecule has 26 heavy (non-hydrogen) atoms. The highest BCUT2D eigenvalue weighted by atomic mass is 79.9. The minimum absolute atomic E-state index is 0.157. The number of aryl methyl sites for hydroxylation is 1. The van der Waals surface area contributed by atoms with Crippen molar-refractivity contribution in [3.05, 3.63) is 40.0 Å². The Morgan fingerprint density at radius 3 is 2.54 bits per heavy atom. The molecule has 0 aliphatic heterocycles. The molecule has 7 heteroatoms. The number of aromatic nitrogens is 1. The van der Waals surface area contributed by atoms with E-state index in [1.54, 1.807) is 6.07 Å². The summed E-state index contributed by atoms with van der Waals surface area (Å²) >= 11 is 3.43. The second-order valence-electron chi connectivity index (χ2n) is 7.01. The lowest BCUT2D eigenvalue weighted by Gasteiger charge is -2.19. The van der Waals surface area contributed by atoms with Crippen molar-refractivity contribution >= 4 is 38.8 Å². The van der Waals surface area contributed by atoms with Gasteiger partial charge in [-0.15, -0.1) is 0 Å². The van der Waals surface area contributed by atoms with Gasteiger partial charge in [-0.1, -0.05) is 15.9 Å². The van der Waals surface area contributed by atoms with Gasteiger partial charge in [-0.25, -0.2) is 4.79 Å². The Bertz CT molecular complexity index is 816. The van der Waals surface area contributed by atoms with Crippen molar-refractivity contribution in [2.45, 2.75) is 39.7 Å². The maximum Gasteiger partial charge on any atom is 0.407 e. The number of amides is 2. The number of halogens is 1. The van der Waals surface area contributed by atoms with Crippen molar-refractivity contribution in [1.82, 2.24) is 15.6 Å². The highest BCUT2D eigenvalue weighted by Gasteiger charge is 2.15. The molecular formula is C19H24BrN3O3. The quantitative estimate of drug-likeness (QED) is 0.716. The molecular weight excluding hydrogens is 398 g/mol. The first-order chi connectivity index (χ1) is 12.2. The highest BCUT2D eigenvalue weighted by Crippen LogP contribution is 2.22. The van der Waals surface area contributed by atoms with Gasteiger partial charge in [0.1, 0.15) is 5.60 Å². The molecule has 0 fully saturated rings. The molecule has 2 rings (SSSR count). The Hall–Kier alpha value is -2.15. The molecule has 0 radical (unpaired) electrons. The van der Waals surface area contributed by atoms with Gasteiger partial charge in [0, 0.05) is 28.6 Å². The molecule has 0 atom stereocenters. The summed E-state index contributed by atoms with van der Waals surface area (Å²) in [5.74, 6) is -0.157. The summed E-state index contributed by atoms with van der Waals surface area (Å²) in [6.07, 6.45) is 0.154. The summed E-state index contributed by atoms with van der Waals surface area (Å²) < 4.78 is 6.05. The fourth-order valence-electron chi connectivity index (χ4n) is 2.41. The van der Waals surface area contributed by atoms with Gasteiger partial charge in [-0.3, -0.25) is 9.78 Å². The molecule has 1 aromatic carbocycles. The van der Waals surface area contributed by atoms with E-state index in [2.05, 4.69) is 31.5 Å². The number of carbonyl (C=O) groups is 2. The molecule has 2 N–H and O–H groups in total.